The Morgan fingerprint density at radius 2 is 1.44 bits per heavy atom. The van der Waals surface area contributed by atoms with Crippen LogP contribution in [0.25, 0.3) is 0 Å². The first kappa shape index (κ1) is 28.0. The largest absolute Gasteiger partial charge is 0.460 e. The van der Waals surface area contributed by atoms with Crippen LogP contribution in [0.15, 0.2) is 54.6 Å². The van der Waals surface area contributed by atoms with Gasteiger partial charge in [0.25, 0.3) is 5.91 Å². The number of carbonyl (C=O) groups is 5. The molecule has 1 fully saturated rings. The molecule has 1 saturated carbocycles. The second kappa shape index (κ2) is 9.32. The Bertz CT molecular complexity index is 1360. The summed E-state index contributed by atoms with van der Waals surface area (Å²) in [6.07, 6.45) is -1.42. The van der Waals surface area contributed by atoms with Gasteiger partial charge in [-0.3, -0.25) is 19.2 Å². The molecule has 0 aromatic heterocycles. The Labute approximate surface area is 227 Å². The predicted molar refractivity (Wildman–Crippen MR) is 144 cm³/mol. The first-order valence-electron chi connectivity index (χ1n) is 12.8. The van der Waals surface area contributed by atoms with Gasteiger partial charge in [0.1, 0.15) is 16.6 Å². The number of ketones is 2. The van der Waals surface area contributed by atoms with Crippen molar-refractivity contribution in [1.29, 1.82) is 0 Å². The molecule has 1 aliphatic heterocycles. The number of esters is 1. The minimum atomic E-state index is -2.21. The molecule has 2 aromatic carbocycles. The molecule has 2 amide bonds. The monoisotopic (exact) mass is 534 g/mol. The fraction of sp³-hybridized carbons (Fsp3) is 0.433. The highest BCUT2D eigenvalue weighted by molar-refractivity contribution is 6.32. The molecule has 206 valence electrons. The third-order valence-electron chi connectivity index (χ3n) is 6.93. The minimum Gasteiger partial charge on any atom is -0.460 e. The third-order valence-corrected chi connectivity index (χ3v) is 6.93. The molecule has 1 spiro atoms. The highest BCUT2D eigenvalue weighted by Crippen LogP contribution is 2.59. The number of nitrogens with one attached hydrogen (secondary N) is 1. The maximum atomic E-state index is 14.7. The van der Waals surface area contributed by atoms with Crippen LogP contribution < -0.4 is 10.2 Å². The van der Waals surface area contributed by atoms with E-state index in [1.54, 1.807) is 90.1 Å². The predicted octanol–water partition coefficient (Wildman–Crippen LogP) is 4.58. The van der Waals surface area contributed by atoms with Gasteiger partial charge >= 0.3 is 12.1 Å². The molecule has 2 aromatic rings. The highest BCUT2D eigenvalue weighted by atomic mass is 16.6. The number of carbonyl (C=O) groups excluding carboxylic acids is 5. The zero-order valence-electron chi connectivity index (χ0n) is 23.3. The second-order valence-corrected chi connectivity index (χ2v) is 12.0. The first-order chi connectivity index (χ1) is 18.1. The van der Waals surface area contributed by atoms with Gasteiger partial charge in [-0.25, -0.2) is 9.69 Å². The van der Waals surface area contributed by atoms with E-state index in [0.717, 1.165) is 4.90 Å². The zero-order chi connectivity index (χ0) is 29.0. The Morgan fingerprint density at radius 3 is 2.00 bits per heavy atom. The number of para-hydroxylation sites is 2. The van der Waals surface area contributed by atoms with Crippen LogP contribution in [-0.4, -0.2) is 46.3 Å². The Morgan fingerprint density at radius 1 is 0.872 bits per heavy atom. The number of imide groups is 1. The van der Waals surface area contributed by atoms with Gasteiger partial charge in [-0.1, -0.05) is 36.4 Å². The number of anilines is 2. The average Bonchev–Trinajstić information content (AvgIpc) is 3.23. The standard InChI is InChI=1S/C30H34N2O7/c1-18(33)30(31-19-13-9-8-10-14-19)23(34)17-21(24(35)38-27(2,3)4)29(30)20-15-11-12-16-22(20)32(25(29)36)26(37)39-28(5,6)7/h8-16,21,31H,17H2,1-7H3/t21-,29+,30+/m0/s1. The van der Waals surface area contributed by atoms with E-state index in [1.807, 2.05) is 0 Å². The van der Waals surface area contributed by atoms with E-state index in [4.69, 9.17) is 9.47 Å². The number of hydrogen-bond acceptors (Lipinski definition) is 8. The summed E-state index contributed by atoms with van der Waals surface area (Å²) < 4.78 is 11.3. The quantitative estimate of drug-likeness (QED) is 0.447. The summed E-state index contributed by atoms with van der Waals surface area (Å²) in [6, 6.07) is 14.9. The van der Waals surface area contributed by atoms with Crippen molar-refractivity contribution in [2.24, 2.45) is 5.92 Å². The van der Waals surface area contributed by atoms with Crippen molar-refractivity contribution in [1.82, 2.24) is 0 Å². The van der Waals surface area contributed by atoms with Gasteiger partial charge in [0.05, 0.1) is 11.6 Å². The van der Waals surface area contributed by atoms with Gasteiger partial charge in [0, 0.05) is 12.1 Å². The van der Waals surface area contributed by atoms with Crippen molar-refractivity contribution in [2.45, 2.75) is 77.0 Å². The molecule has 1 heterocycles. The molecule has 9 nitrogen and oxygen atoms in total. The van der Waals surface area contributed by atoms with E-state index in [2.05, 4.69) is 5.32 Å². The van der Waals surface area contributed by atoms with Crippen LogP contribution in [0.2, 0.25) is 0 Å². The third kappa shape index (κ3) is 4.39. The van der Waals surface area contributed by atoms with Crippen LogP contribution in [-0.2, 0) is 34.1 Å². The number of hydrogen-bond donors (Lipinski definition) is 1. The van der Waals surface area contributed by atoms with E-state index in [1.165, 1.54) is 13.0 Å². The van der Waals surface area contributed by atoms with Crippen molar-refractivity contribution >= 4 is 40.9 Å². The van der Waals surface area contributed by atoms with E-state index < -0.39 is 64.0 Å². The summed E-state index contributed by atoms with van der Waals surface area (Å²) in [5.41, 5.74) is -5.49. The van der Waals surface area contributed by atoms with Gasteiger partial charge in [0.15, 0.2) is 17.1 Å². The fourth-order valence-electron chi connectivity index (χ4n) is 5.67. The first-order valence-corrected chi connectivity index (χ1v) is 12.8. The van der Waals surface area contributed by atoms with Gasteiger partial charge in [-0.15, -0.1) is 0 Å². The topological polar surface area (TPSA) is 119 Å². The average molecular weight is 535 g/mol. The van der Waals surface area contributed by atoms with E-state index >= 15 is 0 Å². The number of Topliss-reactive ketones (excluding diaryl/α,β-unsaturated/α-hetero) is 2. The number of nitrogens with zero attached hydrogens (tertiary/aromatic N) is 1. The van der Waals surface area contributed by atoms with Crippen molar-refractivity contribution < 1.29 is 33.4 Å². The van der Waals surface area contributed by atoms with Crippen LogP contribution >= 0.6 is 0 Å². The molecule has 0 unspecified atom stereocenters. The maximum absolute atomic E-state index is 14.7. The van der Waals surface area contributed by atoms with E-state index in [9.17, 15) is 24.0 Å². The summed E-state index contributed by atoms with van der Waals surface area (Å²) >= 11 is 0. The van der Waals surface area contributed by atoms with Crippen LogP contribution in [0.5, 0.6) is 0 Å². The number of fused-ring (bicyclic) bond motifs is 2. The summed E-state index contributed by atoms with van der Waals surface area (Å²) in [5.74, 6) is -4.44. The fourth-order valence-corrected chi connectivity index (χ4v) is 5.67. The SMILES string of the molecule is CC(=O)[C@@]1(Nc2ccccc2)C(=O)C[C@@H](C(=O)OC(C)(C)C)[C@]12C(=O)N(C(=O)OC(C)(C)C)c1ccccc12. The molecular formula is C30H34N2O7. The number of ether oxygens (including phenoxy) is 2. The lowest BCUT2D eigenvalue weighted by molar-refractivity contribution is -0.164. The van der Waals surface area contributed by atoms with E-state index in [-0.39, 0.29) is 11.3 Å². The molecule has 1 N–H and O–H groups in total. The summed E-state index contributed by atoms with van der Waals surface area (Å²) in [4.78, 5) is 70.6. The minimum absolute atomic E-state index is 0.139. The Kier molecular flexibility index (Phi) is 6.70. The highest BCUT2D eigenvalue weighted by Gasteiger charge is 2.78. The molecule has 9 heteroatoms. The van der Waals surface area contributed by atoms with Crippen LogP contribution in [0.1, 0.15) is 60.5 Å². The molecule has 3 atom stereocenters. The lowest BCUT2D eigenvalue weighted by Crippen LogP contribution is -2.68. The smallest absolute Gasteiger partial charge is 0.421 e. The van der Waals surface area contributed by atoms with Gasteiger partial charge in [-0.05, 0) is 72.2 Å². The normalized spacial score (nSPS) is 24.5. The Hall–Kier alpha value is -4.01. The summed E-state index contributed by atoms with van der Waals surface area (Å²) in [6.45, 7) is 11.2. The lowest BCUT2D eigenvalue weighted by atomic mass is 9.61. The number of amides is 2. The molecular weight excluding hydrogens is 500 g/mol. The van der Waals surface area contributed by atoms with E-state index in [0.29, 0.717) is 5.69 Å². The number of benzene rings is 2. The van der Waals surface area contributed by atoms with Gasteiger partial charge in [-0.2, -0.15) is 0 Å². The molecule has 0 radical (unpaired) electrons. The molecule has 1 aliphatic carbocycles. The number of rotatable bonds is 4. The Balaban J connectivity index is 2.05. The maximum Gasteiger partial charge on any atom is 0.421 e. The van der Waals surface area contributed by atoms with Crippen LogP contribution in [0, 0.1) is 5.92 Å². The van der Waals surface area contributed by atoms with Crippen LogP contribution in [0.4, 0.5) is 16.2 Å². The molecule has 0 saturated heterocycles. The van der Waals surface area contributed by atoms with Crippen LogP contribution in [0.3, 0.4) is 0 Å². The van der Waals surface area contributed by atoms with Gasteiger partial charge < -0.3 is 14.8 Å². The molecule has 4 rings (SSSR count). The molecule has 0 bridgehead atoms. The molecule has 2 aliphatic rings. The summed E-state index contributed by atoms with van der Waals surface area (Å²) in [7, 11) is 0. The van der Waals surface area contributed by atoms with Crippen molar-refractivity contribution in [3.8, 4) is 0 Å². The second-order valence-electron chi connectivity index (χ2n) is 12.0. The zero-order valence-corrected chi connectivity index (χ0v) is 23.3. The van der Waals surface area contributed by atoms with Gasteiger partial charge in [0.2, 0.25) is 0 Å². The van der Waals surface area contributed by atoms with Crippen molar-refractivity contribution in [3.63, 3.8) is 0 Å². The molecule has 39 heavy (non-hydrogen) atoms. The summed E-state index contributed by atoms with van der Waals surface area (Å²) in [5, 5.41) is 3.06. The van der Waals surface area contributed by atoms with Crippen molar-refractivity contribution in [3.05, 3.63) is 60.2 Å². The van der Waals surface area contributed by atoms with Crippen molar-refractivity contribution in [2.75, 3.05) is 10.2 Å². The lowest BCUT2D eigenvalue weighted by Gasteiger charge is -2.43.